The van der Waals surface area contributed by atoms with Crippen molar-refractivity contribution in [2.24, 2.45) is 5.92 Å². The fourth-order valence-electron chi connectivity index (χ4n) is 3.61. The van der Waals surface area contributed by atoms with Crippen molar-refractivity contribution in [1.29, 1.82) is 0 Å². The number of halogens is 1. The number of ketones is 1. The minimum absolute atomic E-state index is 0.0229. The van der Waals surface area contributed by atoms with E-state index >= 15 is 0 Å². The van der Waals surface area contributed by atoms with E-state index in [2.05, 4.69) is 15.2 Å². The number of nitrogens with one attached hydrogen (secondary N) is 1. The second kappa shape index (κ2) is 7.79. The van der Waals surface area contributed by atoms with Gasteiger partial charge in [-0.2, -0.15) is 0 Å². The van der Waals surface area contributed by atoms with Crippen LogP contribution in [0.2, 0.25) is 5.02 Å². The molecule has 6 heteroatoms. The van der Waals surface area contributed by atoms with Crippen LogP contribution in [-0.4, -0.2) is 40.7 Å². The fourth-order valence-corrected chi connectivity index (χ4v) is 3.73. The van der Waals surface area contributed by atoms with Crippen LogP contribution in [0.1, 0.15) is 46.5 Å². The molecule has 2 aliphatic rings. The zero-order chi connectivity index (χ0) is 18.8. The Kier molecular flexibility index (Phi) is 5.23. The smallest absolute Gasteiger partial charge is 0.256 e. The summed E-state index contributed by atoms with van der Waals surface area (Å²) >= 11 is 5.85. The summed E-state index contributed by atoms with van der Waals surface area (Å²) in [6.45, 7) is 1.99. The number of Topliss-reactive ketones (excluding diaryl/α,β-unsaturated/α-hetero) is 1. The van der Waals surface area contributed by atoms with E-state index in [0.29, 0.717) is 22.1 Å². The molecule has 0 bridgehead atoms. The Balaban J connectivity index is 1.40. The lowest BCUT2D eigenvalue weighted by molar-refractivity contribution is 0.0828. The lowest BCUT2D eigenvalue weighted by atomic mass is 9.90. The molecule has 5 nitrogen and oxygen atoms in total. The van der Waals surface area contributed by atoms with Crippen molar-refractivity contribution >= 4 is 29.1 Å². The summed E-state index contributed by atoms with van der Waals surface area (Å²) in [6.07, 6.45) is 4.38. The normalized spacial score (nSPS) is 18.3. The molecule has 1 saturated heterocycles. The van der Waals surface area contributed by atoms with Gasteiger partial charge < -0.3 is 10.2 Å². The average molecular weight is 384 g/mol. The number of nitrogens with zero attached hydrogens (tertiary/aromatic N) is 2. The quantitative estimate of drug-likeness (QED) is 0.791. The van der Waals surface area contributed by atoms with Crippen LogP contribution in [0.15, 0.2) is 42.5 Å². The molecule has 27 heavy (non-hydrogen) atoms. The molecule has 0 unspecified atom stereocenters. The van der Waals surface area contributed by atoms with E-state index in [1.165, 1.54) is 12.8 Å². The highest BCUT2D eigenvalue weighted by Gasteiger charge is 2.34. The summed E-state index contributed by atoms with van der Waals surface area (Å²) in [5.41, 5.74) is 0.916. The van der Waals surface area contributed by atoms with E-state index in [4.69, 9.17) is 11.6 Å². The molecule has 0 radical (unpaired) electrons. The molecule has 1 aliphatic carbocycles. The first-order valence-corrected chi connectivity index (χ1v) is 9.80. The first-order chi connectivity index (χ1) is 13.1. The first-order valence-electron chi connectivity index (χ1n) is 9.42. The Morgan fingerprint density at radius 1 is 1.00 bits per heavy atom. The van der Waals surface area contributed by atoms with Crippen LogP contribution in [0.5, 0.6) is 0 Å². The van der Waals surface area contributed by atoms with Crippen molar-refractivity contribution in [3.63, 3.8) is 0 Å². The number of carbonyl (C=O) groups is 2. The number of anilines is 1. The standard InChI is InChI=1S/C21H22ClN3O2/c22-16-6-4-15(5-7-16)21(27)24-19-3-1-2-18(23-19)20(26)14-10-12-25(13-11-14)17-8-9-17/h1-7,14,17H,8-13H2,(H,23,24,27). The second-order valence-corrected chi connectivity index (χ2v) is 7.71. The molecular weight excluding hydrogens is 362 g/mol. The first kappa shape index (κ1) is 18.1. The molecule has 1 aliphatic heterocycles. The molecular formula is C21H22ClN3O2. The minimum Gasteiger partial charge on any atom is -0.307 e. The molecule has 1 aromatic heterocycles. The SMILES string of the molecule is O=C(Nc1cccc(C(=O)C2CCN(C3CC3)CC2)n1)c1ccc(Cl)cc1. The van der Waals surface area contributed by atoms with E-state index in [1.807, 2.05) is 0 Å². The molecule has 1 amide bonds. The van der Waals surface area contributed by atoms with E-state index in [-0.39, 0.29) is 17.6 Å². The molecule has 4 rings (SSSR count). The Morgan fingerprint density at radius 3 is 2.37 bits per heavy atom. The average Bonchev–Trinajstić information content (AvgIpc) is 3.53. The maximum atomic E-state index is 12.8. The van der Waals surface area contributed by atoms with Crippen molar-refractivity contribution in [2.45, 2.75) is 31.7 Å². The van der Waals surface area contributed by atoms with Gasteiger partial charge in [-0.1, -0.05) is 17.7 Å². The molecule has 140 valence electrons. The number of carbonyl (C=O) groups excluding carboxylic acids is 2. The molecule has 2 heterocycles. The van der Waals surface area contributed by atoms with Gasteiger partial charge in [0.15, 0.2) is 5.78 Å². The zero-order valence-corrected chi connectivity index (χ0v) is 15.8. The third kappa shape index (κ3) is 4.37. The number of rotatable bonds is 5. The monoisotopic (exact) mass is 383 g/mol. The highest BCUT2D eigenvalue weighted by atomic mass is 35.5. The molecule has 0 spiro atoms. The maximum absolute atomic E-state index is 12.8. The van der Waals surface area contributed by atoms with Gasteiger partial charge in [0.1, 0.15) is 11.5 Å². The second-order valence-electron chi connectivity index (χ2n) is 7.27. The number of likely N-dealkylation sites (tertiary alicyclic amines) is 1. The number of aromatic nitrogens is 1. The third-order valence-electron chi connectivity index (χ3n) is 5.31. The molecule has 1 aromatic carbocycles. The van der Waals surface area contributed by atoms with Crippen LogP contribution in [0, 0.1) is 5.92 Å². The Labute approximate surface area is 163 Å². The van der Waals surface area contributed by atoms with E-state index in [1.54, 1.807) is 42.5 Å². The summed E-state index contributed by atoms with van der Waals surface area (Å²) < 4.78 is 0. The number of hydrogen-bond donors (Lipinski definition) is 1. The summed E-state index contributed by atoms with van der Waals surface area (Å²) in [6, 6.07) is 12.6. The van der Waals surface area contributed by atoms with Gasteiger partial charge >= 0.3 is 0 Å². The van der Waals surface area contributed by atoms with Crippen molar-refractivity contribution in [3.05, 3.63) is 58.7 Å². The van der Waals surface area contributed by atoms with Gasteiger partial charge in [0.05, 0.1) is 0 Å². The van der Waals surface area contributed by atoms with Gasteiger partial charge in [0, 0.05) is 22.5 Å². The van der Waals surface area contributed by atoms with Gasteiger partial charge in [0.2, 0.25) is 0 Å². The number of pyridine rings is 1. The van der Waals surface area contributed by atoms with Crippen LogP contribution in [0.25, 0.3) is 0 Å². The van der Waals surface area contributed by atoms with Crippen LogP contribution < -0.4 is 5.32 Å². The van der Waals surface area contributed by atoms with Crippen LogP contribution in [-0.2, 0) is 0 Å². The van der Waals surface area contributed by atoms with Crippen molar-refractivity contribution in [3.8, 4) is 0 Å². The molecule has 2 aromatic rings. The predicted octanol–water partition coefficient (Wildman–Crippen LogP) is 4.04. The van der Waals surface area contributed by atoms with Crippen molar-refractivity contribution in [2.75, 3.05) is 18.4 Å². The van der Waals surface area contributed by atoms with Gasteiger partial charge in [-0.25, -0.2) is 4.98 Å². The minimum atomic E-state index is -0.276. The summed E-state index contributed by atoms with van der Waals surface area (Å²) in [5, 5.41) is 3.33. The largest absolute Gasteiger partial charge is 0.307 e. The Bertz CT molecular complexity index is 841. The molecule has 0 atom stereocenters. The lowest BCUT2D eigenvalue weighted by Gasteiger charge is -2.31. The summed E-state index contributed by atoms with van der Waals surface area (Å²) in [4.78, 5) is 32.0. The fraction of sp³-hybridized carbons (Fsp3) is 0.381. The van der Waals surface area contributed by atoms with E-state index < -0.39 is 0 Å². The van der Waals surface area contributed by atoms with E-state index in [9.17, 15) is 9.59 Å². The van der Waals surface area contributed by atoms with Gasteiger partial charge in [-0.05, 0) is 75.2 Å². The maximum Gasteiger partial charge on any atom is 0.256 e. The Hall–Kier alpha value is -2.24. The van der Waals surface area contributed by atoms with Gasteiger partial charge in [-0.15, -0.1) is 0 Å². The number of hydrogen-bond acceptors (Lipinski definition) is 4. The molecule has 2 fully saturated rings. The number of benzene rings is 1. The third-order valence-corrected chi connectivity index (χ3v) is 5.57. The summed E-state index contributed by atoms with van der Waals surface area (Å²) in [5.74, 6) is 0.209. The predicted molar refractivity (Wildman–Crippen MR) is 105 cm³/mol. The topological polar surface area (TPSA) is 62.3 Å². The summed E-state index contributed by atoms with van der Waals surface area (Å²) in [7, 11) is 0. The van der Waals surface area contributed by atoms with Gasteiger partial charge in [0.25, 0.3) is 5.91 Å². The van der Waals surface area contributed by atoms with Crippen molar-refractivity contribution < 1.29 is 9.59 Å². The molecule has 1 N–H and O–H groups in total. The number of amides is 1. The zero-order valence-electron chi connectivity index (χ0n) is 15.0. The van der Waals surface area contributed by atoms with Crippen LogP contribution in [0.4, 0.5) is 5.82 Å². The number of piperidine rings is 1. The van der Waals surface area contributed by atoms with Crippen molar-refractivity contribution in [1.82, 2.24) is 9.88 Å². The van der Waals surface area contributed by atoms with Gasteiger partial charge in [-0.3, -0.25) is 9.59 Å². The highest BCUT2D eigenvalue weighted by molar-refractivity contribution is 6.30. The highest BCUT2D eigenvalue weighted by Crippen LogP contribution is 2.31. The van der Waals surface area contributed by atoms with E-state index in [0.717, 1.165) is 32.0 Å². The Morgan fingerprint density at radius 2 is 1.70 bits per heavy atom. The van der Waals surface area contributed by atoms with Crippen LogP contribution >= 0.6 is 11.6 Å². The molecule has 1 saturated carbocycles. The van der Waals surface area contributed by atoms with Crippen LogP contribution in [0.3, 0.4) is 0 Å². The lowest BCUT2D eigenvalue weighted by Crippen LogP contribution is -2.37.